The molecule has 5 heteroatoms. The van der Waals surface area contributed by atoms with E-state index in [-0.39, 0.29) is 11.8 Å². The third-order valence-electron chi connectivity index (χ3n) is 5.11. The topological polar surface area (TPSA) is 52.7 Å². The van der Waals surface area contributed by atoms with Crippen molar-refractivity contribution in [3.8, 4) is 0 Å². The van der Waals surface area contributed by atoms with Gasteiger partial charge in [-0.05, 0) is 69.5 Å². The number of hydrogen-bond acceptors (Lipinski definition) is 3. The maximum Gasteiger partial charge on any atom is 0.239 e. The molecule has 0 aromatic heterocycles. The molecule has 24 heavy (non-hydrogen) atoms. The average Bonchev–Trinajstić information content (AvgIpc) is 3.13. The Kier molecular flexibility index (Phi) is 4.90. The molecule has 1 N–H and O–H groups in total. The van der Waals surface area contributed by atoms with Crippen molar-refractivity contribution in [2.24, 2.45) is 11.8 Å². The van der Waals surface area contributed by atoms with Gasteiger partial charge < -0.3 is 15.1 Å². The molecule has 130 valence electrons. The highest BCUT2D eigenvalue weighted by Crippen LogP contribution is 2.29. The van der Waals surface area contributed by atoms with Crippen molar-refractivity contribution < 1.29 is 9.59 Å². The largest absolute Gasteiger partial charge is 0.342 e. The zero-order chi connectivity index (χ0) is 17.3. The first-order chi connectivity index (χ1) is 11.5. The van der Waals surface area contributed by atoms with E-state index in [0.717, 1.165) is 42.9 Å². The van der Waals surface area contributed by atoms with E-state index < -0.39 is 5.92 Å². The Morgan fingerprint density at radius 3 is 2.54 bits per heavy atom. The number of likely N-dealkylation sites (tertiary alicyclic amines) is 1. The summed E-state index contributed by atoms with van der Waals surface area (Å²) in [5.41, 5.74) is 3.20. The molecule has 1 aromatic rings. The number of carbonyl (C=O) groups is 2. The van der Waals surface area contributed by atoms with Crippen molar-refractivity contribution in [1.29, 1.82) is 0 Å². The molecular formula is C19H27N3O2. The molecule has 0 saturated carbocycles. The van der Waals surface area contributed by atoms with Crippen LogP contribution in [0.4, 0.5) is 5.69 Å². The summed E-state index contributed by atoms with van der Waals surface area (Å²) in [6.07, 6.45) is 1.64. The molecule has 2 atom stereocenters. The van der Waals surface area contributed by atoms with E-state index >= 15 is 0 Å². The van der Waals surface area contributed by atoms with Gasteiger partial charge in [0.05, 0.1) is 0 Å². The number of hydrogen-bond donors (Lipinski definition) is 1. The fourth-order valence-corrected chi connectivity index (χ4v) is 3.98. The molecule has 2 fully saturated rings. The van der Waals surface area contributed by atoms with Gasteiger partial charge in [-0.15, -0.1) is 0 Å². The number of rotatable bonds is 4. The molecule has 0 bridgehead atoms. The molecule has 1 aromatic carbocycles. The molecule has 0 spiro atoms. The number of carbonyl (C=O) groups excluding carboxylic acids is 2. The molecule has 0 radical (unpaired) electrons. The highest BCUT2D eigenvalue weighted by atomic mass is 16.2. The Labute approximate surface area is 144 Å². The monoisotopic (exact) mass is 329 g/mol. The molecule has 3 rings (SSSR count). The fraction of sp³-hybridized carbons (Fsp3) is 0.579. The molecule has 2 saturated heterocycles. The smallest absolute Gasteiger partial charge is 0.239 e. The normalized spacial score (nSPS) is 24.0. The number of amides is 2. The zero-order valence-corrected chi connectivity index (χ0v) is 14.8. The van der Waals surface area contributed by atoms with E-state index in [9.17, 15) is 9.59 Å². The van der Waals surface area contributed by atoms with Gasteiger partial charge in [0, 0.05) is 25.3 Å². The SMILES string of the molecule is CNC[C@H]1CCN(C(=O)[C@@H]2CCN(c3cc(C)cc(C)c3)C2=O)C1. The van der Waals surface area contributed by atoms with Crippen LogP contribution in [0, 0.1) is 25.7 Å². The van der Waals surface area contributed by atoms with E-state index in [2.05, 4.69) is 11.4 Å². The Morgan fingerprint density at radius 2 is 1.88 bits per heavy atom. The number of nitrogens with zero attached hydrogens (tertiary/aromatic N) is 2. The highest BCUT2D eigenvalue weighted by Gasteiger charge is 2.41. The molecule has 0 aliphatic carbocycles. The minimum atomic E-state index is -0.501. The number of nitrogens with one attached hydrogen (secondary N) is 1. The summed E-state index contributed by atoms with van der Waals surface area (Å²) in [5, 5.41) is 3.17. The second-order valence-corrected chi connectivity index (χ2v) is 7.17. The van der Waals surface area contributed by atoms with Gasteiger partial charge in [0.15, 0.2) is 0 Å². The van der Waals surface area contributed by atoms with Crippen molar-refractivity contribution in [3.05, 3.63) is 29.3 Å². The maximum atomic E-state index is 12.8. The minimum Gasteiger partial charge on any atom is -0.342 e. The first-order valence-corrected chi connectivity index (χ1v) is 8.82. The molecule has 2 heterocycles. The maximum absolute atomic E-state index is 12.8. The Hall–Kier alpha value is -1.88. The van der Waals surface area contributed by atoms with E-state index in [4.69, 9.17) is 0 Å². The van der Waals surface area contributed by atoms with Crippen molar-refractivity contribution in [2.75, 3.05) is 38.1 Å². The number of anilines is 1. The van der Waals surface area contributed by atoms with Crippen molar-refractivity contribution in [3.63, 3.8) is 0 Å². The predicted molar refractivity (Wildman–Crippen MR) is 95.0 cm³/mol. The Balaban J connectivity index is 1.69. The van der Waals surface area contributed by atoms with Gasteiger partial charge in [-0.2, -0.15) is 0 Å². The van der Waals surface area contributed by atoms with Crippen LogP contribution in [0.25, 0.3) is 0 Å². The van der Waals surface area contributed by atoms with Gasteiger partial charge in [-0.1, -0.05) is 6.07 Å². The van der Waals surface area contributed by atoms with Crippen LogP contribution >= 0.6 is 0 Å². The van der Waals surface area contributed by atoms with E-state index in [1.54, 1.807) is 4.90 Å². The fourth-order valence-electron chi connectivity index (χ4n) is 3.98. The quantitative estimate of drug-likeness (QED) is 0.856. The number of aryl methyl sites for hydroxylation is 2. The molecule has 0 unspecified atom stereocenters. The van der Waals surface area contributed by atoms with Crippen LogP contribution < -0.4 is 10.2 Å². The van der Waals surface area contributed by atoms with Gasteiger partial charge in [0.2, 0.25) is 11.8 Å². The average molecular weight is 329 g/mol. The third kappa shape index (κ3) is 3.31. The van der Waals surface area contributed by atoms with Crippen molar-refractivity contribution in [2.45, 2.75) is 26.7 Å². The van der Waals surface area contributed by atoms with Gasteiger partial charge in [0.25, 0.3) is 0 Å². The summed E-state index contributed by atoms with van der Waals surface area (Å²) in [7, 11) is 1.94. The van der Waals surface area contributed by atoms with Gasteiger partial charge >= 0.3 is 0 Å². The summed E-state index contributed by atoms with van der Waals surface area (Å²) >= 11 is 0. The summed E-state index contributed by atoms with van der Waals surface area (Å²) in [4.78, 5) is 29.2. The first-order valence-electron chi connectivity index (χ1n) is 8.82. The lowest BCUT2D eigenvalue weighted by Gasteiger charge is -2.21. The predicted octanol–water partition coefficient (Wildman–Crippen LogP) is 1.72. The molecule has 2 aliphatic heterocycles. The van der Waals surface area contributed by atoms with Gasteiger partial charge in [-0.3, -0.25) is 9.59 Å². The van der Waals surface area contributed by atoms with Gasteiger partial charge in [0.1, 0.15) is 5.92 Å². The zero-order valence-electron chi connectivity index (χ0n) is 14.8. The van der Waals surface area contributed by atoms with Crippen LogP contribution in [0.5, 0.6) is 0 Å². The molecule has 5 nitrogen and oxygen atoms in total. The van der Waals surface area contributed by atoms with Gasteiger partial charge in [-0.25, -0.2) is 0 Å². The van der Waals surface area contributed by atoms with E-state index in [1.807, 2.05) is 37.9 Å². The summed E-state index contributed by atoms with van der Waals surface area (Å²) < 4.78 is 0. The summed E-state index contributed by atoms with van der Waals surface area (Å²) in [6, 6.07) is 6.14. The Morgan fingerprint density at radius 1 is 1.17 bits per heavy atom. The third-order valence-corrected chi connectivity index (χ3v) is 5.11. The summed E-state index contributed by atoms with van der Waals surface area (Å²) in [6.45, 7) is 7.17. The Bertz CT molecular complexity index is 623. The standard InChI is InChI=1S/C19H27N3O2/c1-13-8-14(2)10-16(9-13)22-7-5-17(19(22)24)18(23)21-6-4-15(12-21)11-20-3/h8-10,15,17,20H,4-7,11-12H2,1-3H3/t15-,17+/m1/s1. The van der Waals surface area contributed by atoms with E-state index in [0.29, 0.717) is 18.9 Å². The second kappa shape index (κ2) is 6.93. The van der Waals surface area contributed by atoms with E-state index in [1.165, 1.54) is 0 Å². The van der Waals surface area contributed by atoms with Crippen LogP contribution in [0.2, 0.25) is 0 Å². The van der Waals surface area contributed by atoms with Crippen LogP contribution in [0.3, 0.4) is 0 Å². The highest BCUT2D eigenvalue weighted by molar-refractivity contribution is 6.09. The first kappa shape index (κ1) is 17.0. The van der Waals surface area contributed by atoms with Crippen LogP contribution in [-0.4, -0.2) is 49.9 Å². The number of benzene rings is 1. The second-order valence-electron chi connectivity index (χ2n) is 7.17. The molecular weight excluding hydrogens is 302 g/mol. The minimum absolute atomic E-state index is 0.0190. The molecule has 2 aliphatic rings. The lowest BCUT2D eigenvalue weighted by atomic mass is 10.1. The van der Waals surface area contributed by atoms with Crippen molar-refractivity contribution >= 4 is 17.5 Å². The molecule has 2 amide bonds. The van der Waals surface area contributed by atoms with Crippen LogP contribution in [0.1, 0.15) is 24.0 Å². The van der Waals surface area contributed by atoms with Crippen LogP contribution in [-0.2, 0) is 9.59 Å². The van der Waals surface area contributed by atoms with Crippen LogP contribution in [0.15, 0.2) is 18.2 Å². The lowest BCUT2D eigenvalue weighted by Crippen LogP contribution is -2.39. The summed E-state index contributed by atoms with van der Waals surface area (Å²) in [5.74, 6) is -0.0160. The lowest BCUT2D eigenvalue weighted by molar-refractivity contribution is -0.139. The van der Waals surface area contributed by atoms with Crippen molar-refractivity contribution in [1.82, 2.24) is 10.2 Å².